The fraction of sp³-hybridized carbons (Fsp3) is 0.0727. The van der Waals surface area contributed by atoms with Crippen LogP contribution in [0.1, 0.15) is 22.3 Å². The molecule has 21 nitrogen and oxygen atoms in total. The number of benzene rings is 3. The maximum atomic E-state index is 12.5. The zero-order chi connectivity index (χ0) is 60.5. The number of nitrogens with two attached hydrogens (primary N) is 1. The number of hydrogen-bond acceptors (Lipinski definition) is 19. The summed E-state index contributed by atoms with van der Waals surface area (Å²) in [5.41, 5.74) is 12.3. The Labute approximate surface area is 544 Å². The van der Waals surface area contributed by atoms with Gasteiger partial charge in [-0.25, -0.2) is 15.0 Å². The molecule has 0 aliphatic carbocycles. The van der Waals surface area contributed by atoms with Crippen molar-refractivity contribution in [2.24, 2.45) is 4.30 Å². The Hall–Kier alpha value is -7.06. The van der Waals surface area contributed by atoms with Crippen LogP contribution in [0.25, 0.3) is 50.2 Å². The molecular weight excluding hydrogens is 1570 g/mol. The average Bonchev–Trinajstić information content (AvgIpc) is 4.47. The third-order valence-electron chi connectivity index (χ3n) is 11.2. The van der Waals surface area contributed by atoms with Crippen molar-refractivity contribution in [3.05, 3.63) is 219 Å². The van der Waals surface area contributed by atoms with E-state index in [4.69, 9.17) is 45.8 Å². The molecule has 0 aliphatic heterocycles. The number of fused-ring (bicyclic) bond motifs is 3. The molecule has 30 heteroatoms. The van der Waals surface area contributed by atoms with E-state index in [1.807, 2.05) is 84.9 Å². The van der Waals surface area contributed by atoms with Crippen LogP contribution in [0.15, 0.2) is 186 Å². The third-order valence-corrected chi connectivity index (χ3v) is 12.9. The molecule has 0 unspecified atom stereocenters. The summed E-state index contributed by atoms with van der Waals surface area (Å²) in [6.07, 6.45) is 21.6. The van der Waals surface area contributed by atoms with Crippen LogP contribution in [0.5, 0.6) is 5.75 Å². The number of ketones is 2. The fourth-order valence-corrected chi connectivity index (χ4v) is 9.01. The molecule has 12 rings (SSSR count). The predicted octanol–water partition coefficient (Wildman–Crippen LogP) is 9.15. The summed E-state index contributed by atoms with van der Waals surface area (Å²) in [7, 11) is 4.34. The molecule has 85 heavy (non-hydrogen) atoms. The van der Waals surface area contributed by atoms with E-state index >= 15 is 0 Å². The van der Waals surface area contributed by atoms with Gasteiger partial charge in [-0.2, -0.15) is 30.6 Å². The van der Waals surface area contributed by atoms with E-state index < -0.39 is 0 Å². The molecule has 12 aromatic rings. The second-order valence-electron chi connectivity index (χ2n) is 17.0. The summed E-state index contributed by atoms with van der Waals surface area (Å²) in [5, 5.41) is 36.3. The minimum absolute atomic E-state index is 0.0515. The van der Waals surface area contributed by atoms with E-state index in [0.717, 1.165) is 59.4 Å². The molecule has 9 heterocycles. The Kier molecular flexibility index (Phi) is 26.3. The van der Waals surface area contributed by atoms with E-state index in [1.54, 1.807) is 67.9 Å². The number of carbonyl (C=O) groups is 2. The van der Waals surface area contributed by atoms with Crippen LogP contribution >= 0.6 is 101 Å². The van der Waals surface area contributed by atoms with E-state index in [2.05, 4.69) is 143 Å². The van der Waals surface area contributed by atoms with Gasteiger partial charge in [0.25, 0.3) is 6.26 Å². The van der Waals surface area contributed by atoms with Crippen LogP contribution in [0.2, 0.25) is 15.1 Å². The fourth-order valence-electron chi connectivity index (χ4n) is 7.67. The van der Waals surface area contributed by atoms with E-state index in [1.165, 1.54) is 45.3 Å². The van der Waals surface area contributed by atoms with Crippen molar-refractivity contribution in [2.45, 2.75) is 25.7 Å². The zero-order valence-corrected chi connectivity index (χ0v) is 54.9. The molecule has 3 aromatic carbocycles. The number of ether oxygens (including phenoxy) is 1. The first kappa shape index (κ1) is 65.5. The molecule has 2 N–H and O–H groups in total. The Morgan fingerprint density at radius 3 is 1.46 bits per heavy atom. The number of carbonyl (C=O) groups excluding carboxylic acids is 2. The van der Waals surface area contributed by atoms with Crippen molar-refractivity contribution < 1.29 is 27.6 Å². The van der Waals surface area contributed by atoms with Gasteiger partial charge in [0.15, 0.2) is 23.2 Å². The number of aromatic nitrogens is 15. The van der Waals surface area contributed by atoms with Crippen LogP contribution in [-0.2, 0) is 35.3 Å². The summed E-state index contributed by atoms with van der Waals surface area (Å²) < 4.78 is 8.16. The van der Waals surface area contributed by atoms with Crippen LogP contribution in [-0.4, -0.2) is 94.1 Å². The number of thiol groups is 1. The Bertz CT molecular complexity index is 4220. The van der Waals surface area contributed by atoms with E-state index in [-0.39, 0.29) is 36.6 Å². The number of para-hydroxylation sites is 3. The normalized spacial score (nSPS) is 10.3. The summed E-state index contributed by atoms with van der Waals surface area (Å²) in [4.78, 5) is 54.4. The molecular formula is C55H40BBrCl3I3N18O3S-. The van der Waals surface area contributed by atoms with Gasteiger partial charge in [-0.15, -0.1) is 19.7 Å². The summed E-state index contributed by atoms with van der Waals surface area (Å²) in [6.45, 7) is 0. The van der Waals surface area contributed by atoms with E-state index in [9.17, 15) is 9.59 Å². The minimum atomic E-state index is 0.0515. The van der Waals surface area contributed by atoms with Gasteiger partial charge in [-0.05, 0) is 80.6 Å². The first-order valence-electron chi connectivity index (χ1n) is 24.3. The summed E-state index contributed by atoms with van der Waals surface area (Å²) >= 11 is 30.5. The molecule has 427 valence electrons. The second kappa shape index (κ2) is 34.2. The molecule has 0 saturated carbocycles. The number of halogens is 7. The van der Waals surface area contributed by atoms with Crippen LogP contribution < -0.4 is 23.7 Å². The van der Waals surface area contributed by atoms with Crippen molar-refractivity contribution in [3.63, 3.8) is 0 Å². The Balaban J connectivity index is 0.000000165. The van der Waals surface area contributed by atoms with Gasteiger partial charge >= 0.3 is 75.2 Å². The number of rotatable bonds is 12. The number of anilines is 1. The van der Waals surface area contributed by atoms with Crippen molar-refractivity contribution in [1.29, 1.82) is 5.26 Å². The molecule has 9 aromatic heterocycles. The van der Waals surface area contributed by atoms with Crippen molar-refractivity contribution in [3.8, 4) is 29.5 Å². The number of nitriles is 1. The monoisotopic (exact) mass is 1610 g/mol. The number of nitrogen functional groups attached to an aromatic ring is 1. The Morgan fingerprint density at radius 2 is 0.976 bits per heavy atom. The SMILES string of the molecule is I[I-]I.N#COc1cnc(-n2nccn2)c(Cl)c1.Nc1cnc2ccccc2c1.O=C(Cc1cnc(-n2nccn2)c(Cl)c1)Cc1cnc2ccccc2c1.O=C(Cc1cnc(-n2nccn2)c(Cl)c1)Cc1cnc2ccccc2c1Br.[B]=NS. The van der Waals surface area contributed by atoms with Crippen LogP contribution in [0.3, 0.4) is 0 Å². The van der Waals surface area contributed by atoms with Gasteiger partial charge in [-0.1, -0.05) is 89.4 Å². The standard InChI is InChI=1S/C19H13BrClN5O.C19H14ClN5O.C9H8N2.C8H4ClN5O.BHNS.I3/c20-18-13(11-22-17-4-2-1-3-15(17)18)9-14(27)7-12-8-16(21)19(23-10-12)26-24-5-6-25-26;20-17-10-14(12-22-19(17)25-23-5-6-24-25)9-16(26)8-13-7-15-3-1-2-4-18(15)21-11-13;10-8-5-7-3-1-2-4-9(7)11-6-8;9-7-3-6(15-5-10)4-11-8(7)14-12-1-2-13-14;1-2-3;1-3-2/h1-6,8,10-11H,7,9H2;1-7,10-12H,8-9H2;1-6H,10H2;1-4H;3H;/q;;;;;-1. The molecule has 1 radical (unpaired) electrons. The van der Waals surface area contributed by atoms with Crippen molar-refractivity contribution >= 4 is 158 Å². The third kappa shape index (κ3) is 19.7. The summed E-state index contributed by atoms with van der Waals surface area (Å²) in [6, 6.07) is 32.4. The average molecular weight is 1610 g/mol. The quantitative estimate of drug-likeness (QED) is 0.0499. The van der Waals surface area contributed by atoms with Gasteiger partial charge in [-0.3, -0.25) is 24.5 Å². The topological polar surface area (TPSA) is 275 Å². The molecule has 0 aliphatic rings. The summed E-state index contributed by atoms with van der Waals surface area (Å²) in [5.74, 6) is 1.65. The molecule has 0 atom stereocenters. The van der Waals surface area contributed by atoms with Crippen LogP contribution in [0, 0.1) is 11.5 Å². The van der Waals surface area contributed by atoms with Gasteiger partial charge in [0.2, 0.25) is 0 Å². The van der Waals surface area contributed by atoms with Crippen molar-refractivity contribution in [1.82, 2.24) is 74.9 Å². The number of pyridine rings is 6. The van der Waals surface area contributed by atoms with Gasteiger partial charge in [0.1, 0.15) is 11.6 Å². The molecule has 0 spiro atoms. The second-order valence-corrected chi connectivity index (χ2v) is 35.5. The molecule has 0 fully saturated rings. The predicted molar refractivity (Wildman–Crippen MR) is 346 cm³/mol. The molecule has 0 saturated heterocycles. The van der Waals surface area contributed by atoms with E-state index in [0.29, 0.717) is 57.9 Å². The maximum absolute atomic E-state index is 12.5. The zero-order valence-electron chi connectivity index (χ0n) is 43.6. The molecule has 0 bridgehead atoms. The van der Waals surface area contributed by atoms with Crippen molar-refractivity contribution in [2.75, 3.05) is 5.73 Å². The number of nitrogens with zero attached hydrogens (tertiary/aromatic N) is 17. The number of Topliss-reactive ketones (excluding diaryl/α,β-unsaturated/α-hetero) is 2. The van der Waals surface area contributed by atoms with Crippen LogP contribution in [0.4, 0.5) is 5.69 Å². The number of hydrogen-bond donors (Lipinski definition) is 2. The Morgan fingerprint density at radius 1 is 0.588 bits per heavy atom. The first-order chi connectivity index (χ1) is 41.3. The molecule has 0 amide bonds. The van der Waals surface area contributed by atoms with Gasteiger partial charge < -0.3 is 10.5 Å². The van der Waals surface area contributed by atoms with Gasteiger partial charge in [0, 0.05) is 77.2 Å². The first-order valence-corrected chi connectivity index (χ1v) is 39.2. The van der Waals surface area contributed by atoms with Gasteiger partial charge in [0.05, 0.1) is 86.9 Å².